The predicted molar refractivity (Wildman–Crippen MR) is 108 cm³/mol. The van der Waals surface area contributed by atoms with Crippen molar-refractivity contribution in [1.29, 1.82) is 0 Å². The summed E-state index contributed by atoms with van der Waals surface area (Å²) in [6, 6.07) is 0.325. The van der Waals surface area contributed by atoms with Gasteiger partial charge >= 0.3 is 6.03 Å². The molecule has 0 aromatic rings. The molecule has 7 heteroatoms. The molecule has 1 atom stereocenters. The van der Waals surface area contributed by atoms with Gasteiger partial charge in [0.2, 0.25) is 5.91 Å². The van der Waals surface area contributed by atoms with E-state index in [9.17, 15) is 9.59 Å². The zero-order valence-corrected chi connectivity index (χ0v) is 17.3. The number of carbonyl (C=O) groups excluding carboxylic acids is 2. The van der Waals surface area contributed by atoms with Gasteiger partial charge in [0.15, 0.2) is 0 Å². The molecular formula is C20H35ClN4O2. The number of nitrogens with one attached hydrogen (secondary N) is 3. The first-order valence-corrected chi connectivity index (χ1v) is 10.6. The third-order valence-electron chi connectivity index (χ3n) is 7.22. The van der Waals surface area contributed by atoms with Gasteiger partial charge in [0.05, 0.1) is 0 Å². The minimum absolute atomic E-state index is 0. The van der Waals surface area contributed by atoms with Crippen LogP contribution >= 0.6 is 12.4 Å². The van der Waals surface area contributed by atoms with Crippen LogP contribution in [0.3, 0.4) is 0 Å². The maximum absolute atomic E-state index is 12.4. The molecule has 5 rings (SSSR count). The van der Waals surface area contributed by atoms with E-state index in [0.717, 1.165) is 62.9 Å². The second-order valence-electron chi connectivity index (χ2n) is 9.30. The van der Waals surface area contributed by atoms with Crippen LogP contribution in [0.4, 0.5) is 4.79 Å². The normalized spacial score (nSPS) is 36.9. The van der Waals surface area contributed by atoms with E-state index >= 15 is 0 Å². The highest BCUT2D eigenvalue weighted by molar-refractivity contribution is 5.85. The highest BCUT2D eigenvalue weighted by Gasteiger charge is 2.51. The fourth-order valence-electron chi connectivity index (χ4n) is 6.43. The van der Waals surface area contributed by atoms with Crippen LogP contribution in [-0.4, -0.2) is 55.1 Å². The topological polar surface area (TPSA) is 73.5 Å². The lowest BCUT2D eigenvalue weighted by atomic mass is 9.53. The molecule has 0 radical (unpaired) electrons. The summed E-state index contributed by atoms with van der Waals surface area (Å²) in [4.78, 5) is 26.7. The molecule has 4 bridgehead atoms. The minimum atomic E-state index is -0.0773. The summed E-state index contributed by atoms with van der Waals surface area (Å²) in [5.41, 5.74) is 0.0374. The molecular weight excluding hydrogens is 364 g/mol. The predicted octanol–water partition coefficient (Wildman–Crippen LogP) is 2.28. The van der Waals surface area contributed by atoms with Gasteiger partial charge in [-0.25, -0.2) is 4.79 Å². The number of likely N-dealkylation sites (N-methyl/N-ethyl adjacent to an activating group) is 1. The molecule has 0 aromatic carbocycles. The number of hydrogen-bond donors (Lipinski definition) is 3. The fourth-order valence-corrected chi connectivity index (χ4v) is 6.43. The van der Waals surface area contributed by atoms with Crippen molar-refractivity contribution in [3.05, 3.63) is 0 Å². The van der Waals surface area contributed by atoms with Crippen molar-refractivity contribution in [3.8, 4) is 0 Å². The molecule has 6 nitrogen and oxygen atoms in total. The van der Waals surface area contributed by atoms with Gasteiger partial charge in [-0.2, -0.15) is 0 Å². The Hall–Kier alpha value is -1.01. The molecule has 3 N–H and O–H groups in total. The maximum Gasteiger partial charge on any atom is 0.315 e. The summed E-state index contributed by atoms with van der Waals surface area (Å²) in [6.07, 6.45) is 10.2. The van der Waals surface area contributed by atoms with Gasteiger partial charge in [0, 0.05) is 37.6 Å². The first kappa shape index (κ1) is 20.7. The van der Waals surface area contributed by atoms with Gasteiger partial charge in [-0.3, -0.25) is 4.79 Å². The van der Waals surface area contributed by atoms with Crippen LogP contribution in [0.15, 0.2) is 0 Å². The molecule has 4 saturated carbocycles. The molecule has 1 saturated heterocycles. The summed E-state index contributed by atoms with van der Waals surface area (Å²) in [7, 11) is 1.95. The lowest BCUT2D eigenvalue weighted by Crippen LogP contribution is -2.61. The zero-order chi connectivity index (χ0) is 18.1. The number of rotatable bonds is 5. The monoisotopic (exact) mass is 398 g/mol. The number of carbonyl (C=O) groups is 2. The molecule has 0 spiro atoms. The number of amides is 3. The summed E-state index contributed by atoms with van der Waals surface area (Å²) in [5, 5.41) is 9.51. The Morgan fingerprint density at radius 1 is 1.07 bits per heavy atom. The van der Waals surface area contributed by atoms with E-state index in [4.69, 9.17) is 0 Å². The lowest BCUT2D eigenvalue weighted by molar-refractivity contribution is -0.132. The Kier molecular flexibility index (Phi) is 6.57. The Morgan fingerprint density at radius 3 is 2.30 bits per heavy atom. The number of likely N-dealkylation sites (tertiary alicyclic amines) is 1. The van der Waals surface area contributed by atoms with Crippen LogP contribution in [0.1, 0.15) is 57.8 Å². The van der Waals surface area contributed by atoms with Crippen LogP contribution in [0, 0.1) is 17.8 Å². The van der Waals surface area contributed by atoms with Crippen molar-refractivity contribution >= 4 is 24.3 Å². The molecule has 27 heavy (non-hydrogen) atoms. The summed E-state index contributed by atoms with van der Waals surface area (Å²) in [6.45, 7) is 2.06. The highest BCUT2D eigenvalue weighted by Crippen LogP contribution is 2.55. The SMILES string of the molecule is CNC1CCCN(C(=O)CCNC(=O)NC23CC4CC(CC(C4)C2)C3)C1.Cl. The van der Waals surface area contributed by atoms with Crippen molar-refractivity contribution in [2.75, 3.05) is 26.7 Å². The minimum Gasteiger partial charge on any atom is -0.341 e. The molecule has 1 unspecified atom stereocenters. The van der Waals surface area contributed by atoms with Gasteiger partial charge in [-0.05, 0) is 76.2 Å². The van der Waals surface area contributed by atoms with E-state index in [1.807, 2.05) is 11.9 Å². The van der Waals surface area contributed by atoms with E-state index in [-0.39, 0.29) is 29.9 Å². The lowest BCUT2D eigenvalue weighted by Gasteiger charge is -2.56. The molecule has 3 amide bonds. The Balaban J connectivity index is 0.00000210. The molecule has 5 fully saturated rings. The van der Waals surface area contributed by atoms with Crippen LogP contribution < -0.4 is 16.0 Å². The Morgan fingerprint density at radius 2 is 1.70 bits per heavy atom. The summed E-state index contributed by atoms with van der Waals surface area (Å²) in [5.74, 6) is 2.62. The van der Waals surface area contributed by atoms with E-state index in [1.165, 1.54) is 19.3 Å². The smallest absolute Gasteiger partial charge is 0.315 e. The highest BCUT2D eigenvalue weighted by atomic mass is 35.5. The van der Waals surface area contributed by atoms with E-state index in [0.29, 0.717) is 19.0 Å². The first-order valence-electron chi connectivity index (χ1n) is 10.6. The number of nitrogens with zero attached hydrogens (tertiary/aromatic N) is 1. The van der Waals surface area contributed by atoms with Crippen molar-refractivity contribution in [2.45, 2.75) is 69.4 Å². The molecule has 154 valence electrons. The number of urea groups is 1. The second kappa shape index (κ2) is 8.56. The quantitative estimate of drug-likeness (QED) is 0.665. The van der Waals surface area contributed by atoms with E-state index < -0.39 is 0 Å². The molecule has 4 aliphatic carbocycles. The van der Waals surface area contributed by atoms with Gasteiger partial charge in [0.1, 0.15) is 0 Å². The van der Waals surface area contributed by atoms with Gasteiger partial charge in [-0.15, -0.1) is 12.4 Å². The van der Waals surface area contributed by atoms with Gasteiger partial charge in [0.25, 0.3) is 0 Å². The Bertz CT molecular complexity index is 521. The standard InChI is InChI=1S/C20H34N4O2.ClH/c1-21-17-3-2-6-24(13-17)18(25)4-5-22-19(26)23-20-10-14-7-15(11-20)9-16(8-14)12-20;/h14-17,21H,2-13H2,1H3,(H2,22,23,26);1H. The van der Waals surface area contributed by atoms with Crippen molar-refractivity contribution in [2.24, 2.45) is 17.8 Å². The largest absolute Gasteiger partial charge is 0.341 e. The average molecular weight is 399 g/mol. The van der Waals surface area contributed by atoms with E-state index in [2.05, 4.69) is 16.0 Å². The zero-order valence-electron chi connectivity index (χ0n) is 16.5. The molecule has 1 aliphatic heterocycles. The molecule has 1 heterocycles. The summed E-state index contributed by atoms with van der Waals surface area (Å²) < 4.78 is 0. The van der Waals surface area contributed by atoms with Gasteiger partial charge in [-0.1, -0.05) is 0 Å². The number of piperidine rings is 1. The van der Waals surface area contributed by atoms with Crippen LogP contribution in [-0.2, 0) is 4.79 Å². The van der Waals surface area contributed by atoms with Crippen molar-refractivity contribution < 1.29 is 9.59 Å². The fraction of sp³-hybridized carbons (Fsp3) is 0.900. The third kappa shape index (κ3) is 4.70. The van der Waals surface area contributed by atoms with Crippen molar-refractivity contribution in [3.63, 3.8) is 0 Å². The van der Waals surface area contributed by atoms with Crippen LogP contribution in [0.2, 0.25) is 0 Å². The first-order chi connectivity index (χ1) is 12.5. The Labute approximate surface area is 169 Å². The average Bonchev–Trinajstić information content (AvgIpc) is 2.60. The van der Waals surface area contributed by atoms with Gasteiger partial charge < -0.3 is 20.9 Å². The number of hydrogen-bond acceptors (Lipinski definition) is 3. The van der Waals surface area contributed by atoms with E-state index in [1.54, 1.807) is 0 Å². The molecule has 0 aromatic heterocycles. The van der Waals surface area contributed by atoms with Crippen LogP contribution in [0.25, 0.3) is 0 Å². The molecule has 5 aliphatic rings. The van der Waals surface area contributed by atoms with Crippen molar-refractivity contribution in [1.82, 2.24) is 20.9 Å². The number of halogens is 1. The third-order valence-corrected chi connectivity index (χ3v) is 7.22. The van der Waals surface area contributed by atoms with Crippen LogP contribution in [0.5, 0.6) is 0 Å². The second-order valence-corrected chi connectivity index (χ2v) is 9.30. The summed E-state index contributed by atoms with van der Waals surface area (Å²) >= 11 is 0. The maximum atomic E-state index is 12.4.